The Morgan fingerprint density at radius 3 is 3.08 bits per heavy atom. The zero-order valence-corrected chi connectivity index (χ0v) is 14.1. The van der Waals surface area contributed by atoms with E-state index in [-0.39, 0.29) is 23.4 Å². The smallest absolute Gasteiger partial charge is 0.252 e. The van der Waals surface area contributed by atoms with Crippen molar-refractivity contribution >= 4 is 11.7 Å². The van der Waals surface area contributed by atoms with Gasteiger partial charge in [-0.1, -0.05) is 18.2 Å². The van der Waals surface area contributed by atoms with Crippen molar-refractivity contribution in [2.45, 2.75) is 31.7 Å². The maximum absolute atomic E-state index is 12.8. The third-order valence-corrected chi connectivity index (χ3v) is 5.00. The molecule has 0 bridgehead atoms. The number of fused-ring (bicyclic) bond motifs is 2. The van der Waals surface area contributed by atoms with Crippen LogP contribution in [0.5, 0.6) is 5.75 Å². The average molecular weight is 339 g/mol. The first-order valence-electron chi connectivity index (χ1n) is 8.66. The van der Waals surface area contributed by atoms with Crippen LogP contribution in [-0.4, -0.2) is 30.1 Å². The van der Waals surface area contributed by atoms with Crippen LogP contribution in [0.1, 0.15) is 40.7 Å². The fourth-order valence-electron chi connectivity index (χ4n) is 3.67. The van der Waals surface area contributed by atoms with Crippen LogP contribution in [0.15, 0.2) is 35.1 Å². The van der Waals surface area contributed by atoms with Gasteiger partial charge < -0.3 is 20.4 Å². The van der Waals surface area contributed by atoms with Crippen LogP contribution < -0.4 is 20.9 Å². The van der Waals surface area contributed by atoms with Gasteiger partial charge in [-0.05, 0) is 25.8 Å². The van der Waals surface area contributed by atoms with Crippen molar-refractivity contribution in [2.75, 3.05) is 18.5 Å². The van der Waals surface area contributed by atoms with Gasteiger partial charge in [0.2, 0.25) is 5.56 Å². The fourth-order valence-corrected chi connectivity index (χ4v) is 3.67. The molecule has 6 heteroatoms. The lowest BCUT2D eigenvalue weighted by atomic mass is 9.93. The van der Waals surface area contributed by atoms with Crippen molar-refractivity contribution in [3.8, 4) is 5.75 Å². The van der Waals surface area contributed by atoms with E-state index < -0.39 is 0 Å². The highest BCUT2D eigenvalue weighted by Crippen LogP contribution is 2.35. The summed E-state index contributed by atoms with van der Waals surface area (Å²) in [6, 6.07) is 9.21. The Kier molecular flexibility index (Phi) is 3.95. The predicted octanol–water partition coefficient (Wildman–Crippen LogP) is 2.03. The molecule has 2 unspecified atom stereocenters. The zero-order valence-electron chi connectivity index (χ0n) is 14.1. The molecule has 2 aromatic rings. The van der Waals surface area contributed by atoms with Gasteiger partial charge in [0.05, 0.1) is 12.2 Å². The minimum absolute atomic E-state index is 0.0948. The van der Waals surface area contributed by atoms with Gasteiger partial charge in [-0.25, -0.2) is 0 Å². The van der Waals surface area contributed by atoms with Crippen LogP contribution in [0.4, 0.5) is 5.82 Å². The molecule has 0 saturated carbocycles. The fraction of sp³-hybridized carbons (Fsp3) is 0.368. The van der Waals surface area contributed by atoms with Gasteiger partial charge in [-0.2, -0.15) is 0 Å². The van der Waals surface area contributed by atoms with E-state index in [9.17, 15) is 9.59 Å². The molecule has 0 aliphatic carbocycles. The van der Waals surface area contributed by atoms with E-state index in [1.165, 1.54) is 6.07 Å². The molecule has 2 aliphatic heterocycles. The summed E-state index contributed by atoms with van der Waals surface area (Å²) in [5, 5.41) is 6.22. The summed E-state index contributed by atoms with van der Waals surface area (Å²) < 4.78 is 5.71. The first-order valence-corrected chi connectivity index (χ1v) is 8.66. The van der Waals surface area contributed by atoms with E-state index in [0.29, 0.717) is 18.0 Å². The van der Waals surface area contributed by atoms with Gasteiger partial charge in [0.15, 0.2) is 0 Å². The van der Waals surface area contributed by atoms with Crippen LogP contribution in [-0.2, 0) is 6.42 Å². The molecule has 6 nitrogen and oxygen atoms in total. The monoisotopic (exact) mass is 339 g/mol. The molecule has 130 valence electrons. The molecule has 2 aliphatic rings. The first-order chi connectivity index (χ1) is 12.1. The molecular formula is C19H21N3O3. The Balaban J connectivity index is 1.57. The number of rotatable bonds is 3. The van der Waals surface area contributed by atoms with Crippen molar-refractivity contribution in [1.82, 2.24) is 10.3 Å². The van der Waals surface area contributed by atoms with Crippen molar-refractivity contribution in [1.29, 1.82) is 0 Å². The first kappa shape index (κ1) is 15.7. The van der Waals surface area contributed by atoms with Crippen molar-refractivity contribution in [2.24, 2.45) is 0 Å². The van der Waals surface area contributed by atoms with Crippen LogP contribution in [0.2, 0.25) is 0 Å². The van der Waals surface area contributed by atoms with Crippen LogP contribution in [0, 0.1) is 0 Å². The second-order valence-electron chi connectivity index (χ2n) is 6.65. The van der Waals surface area contributed by atoms with Gasteiger partial charge in [0.25, 0.3) is 5.91 Å². The number of carbonyl (C=O) groups is 1. The maximum atomic E-state index is 12.8. The van der Waals surface area contributed by atoms with E-state index in [2.05, 4.69) is 15.6 Å². The summed E-state index contributed by atoms with van der Waals surface area (Å²) in [5.41, 5.74) is 2.20. The molecule has 2 atom stereocenters. The Bertz CT molecular complexity index is 874. The number of nitrogens with one attached hydrogen (secondary N) is 3. The molecule has 1 amide bonds. The zero-order chi connectivity index (χ0) is 17.4. The Labute approximate surface area is 145 Å². The van der Waals surface area contributed by atoms with Gasteiger partial charge in [-0.15, -0.1) is 0 Å². The maximum Gasteiger partial charge on any atom is 0.252 e. The minimum Gasteiger partial charge on any atom is -0.493 e. The summed E-state index contributed by atoms with van der Waals surface area (Å²) >= 11 is 0. The topological polar surface area (TPSA) is 83.2 Å². The van der Waals surface area contributed by atoms with Crippen molar-refractivity contribution in [3.63, 3.8) is 0 Å². The number of amides is 1. The van der Waals surface area contributed by atoms with E-state index >= 15 is 0 Å². The molecular weight excluding hydrogens is 318 g/mol. The molecule has 0 radical (unpaired) electrons. The number of H-pyrrole nitrogens is 1. The third kappa shape index (κ3) is 2.88. The van der Waals surface area contributed by atoms with Crippen LogP contribution in [0.25, 0.3) is 0 Å². The highest BCUT2D eigenvalue weighted by atomic mass is 16.5. The molecule has 1 aromatic heterocycles. The highest BCUT2D eigenvalue weighted by Gasteiger charge is 2.30. The van der Waals surface area contributed by atoms with Crippen molar-refractivity contribution in [3.05, 3.63) is 57.4 Å². The number of para-hydroxylation sites is 1. The molecule has 0 saturated heterocycles. The highest BCUT2D eigenvalue weighted by molar-refractivity contribution is 5.97. The standard InChI is InChI=1S/C19H21N3O3/c1-11(15-10-25-16-7-3-2-5-12(15)16)21-19(24)14-9-17(23)22-18-13(14)6-4-8-20-18/h2-3,5,7,9,11,15H,4,6,8,10H2,1H3,(H,21,24)(H2,20,22,23). The van der Waals surface area contributed by atoms with Gasteiger partial charge in [-0.3, -0.25) is 9.59 Å². The molecule has 0 fully saturated rings. The van der Waals surface area contributed by atoms with Crippen molar-refractivity contribution < 1.29 is 9.53 Å². The normalized spacial score (nSPS) is 19.2. The summed E-state index contributed by atoms with van der Waals surface area (Å²) in [5.74, 6) is 1.46. The lowest BCUT2D eigenvalue weighted by Gasteiger charge is -2.23. The molecule has 4 rings (SSSR count). The summed E-state index contributed by atoms with van der Waals surface area (Å²) in [7, 11) is 0. The second kappa shape index (κ2) is 6.27. The molecule has 3 N–H and O–H groups in total. The lowest BCUT2D eigenvalue weighted by molar-refractivity contribution is 0.0931. The van der Waals surface area contributed by atoms with Gasteiger partial charge in [0, 0.05) is 35.7 Å². The number of pyridine rings is 1. The second-order valence-corrected chi connectivity index (χ2v) is 6.65. The number of anilines is 1. The number of hydrogen-bond donors (Lipinski definition) is 3. The third-order valence-electron chi connectivity index (χ3n) is 5.00. The largest absolute Gasteiger partial charge is 0.493 e. The number of aromatic nitrogens is 1. The summed E-state index contributed by atoms with van der Waals surface area (Å²) in [4.78, 5) is 27.5. The predicted molar refractivity (Wildman–Crippen MR) is 95.5 cm³/mol. The molecule has 3 heterocycles. The van der Waals surface area contributed by atoms with E-state index in [4.69, 9.17) is 4.74 Å². The lowest BCUT2D eigenvalue weighted by Crippen LogP contribution is -2.39. The number of benzene rings is 1. The Morgan fingerprint density at radius 1 is 1.36 bits per heavy atom. The summed E-state index contributed by atoms with van der Waals surface area (Å²) in [6.07, 6.45) is 1.73. The molecule has 1 aromatic carbocycles. The number of aromatic amines is 1. The van der Waals surface area contributed by atoms with E-state index in [1.807, 2.05) is 31.2 Å². The molecule has 25 heavy (non-hydrogen) atoms. The molecule has 0 spiro atoms. The number of ether oxygens (including phenoxy) is 1. The quantitative estimate of drug-likeness (QED) is 0.799. The number of carbonyl (C=O) groups excluding carboxylic acids is 1. The average Bonchev–Trinajstić information content (AvgIpc) is 3.05. The van der Waals surface area contributed by atoms with Gasteiger partial charge >= 0.3 is 0 Å². The Morgan fingerprint density at radius 2 is 2.20 bits per heavy atom. The number of hydrogen-bond acceptors (Lipinski definition) is 4. The van der Waals surface area contributed by atoms with E-state index in [0.717, 1.165) is 36.3 Å². The van der Waals surface area contributed by atoms with Gasteiger partial charge in [0.1, 0.15) is 11.6 Å². The SMILES string of the molecule is CC(NC(=O)c1cc(=O)[nH]c2c1CCCN2)C1COc2ccccc21. The minimum atomic E-state index is -0.263. The van der Waals surface area contributed by atoms with Crippen LogP contribution in [0.3, 0.4) is 0 Å². The Hall–Kier alpha value is -2.76. The van der Waals surface area contributed by atoms with Crippen LogP contribution >= 0.6 is 0 Å². The summed E-state index contributed by atoms with van der Waals surface area (Å²) in [6.45, 7) is 3.34. The van der Waals surface area contributed by atoms with E-state index in [1.54, 1.807) is 0 Å².